The van der Waals surface area contributed by atoms with Gasteiger partial charge in [0.1, 0.15) is 0 Å². The second-order valence-electron chi connectivity index (χ2n) is 4.03. The van der Waals surface area contributed by atoms with E-state index >= 15 is 0 Å². The third-order valence-electron chi connectivity index (χ3n) is 2.66. The first-order valence-corrected chi connectivity index (χ1v) is 5.21. The molecule has 0 fully saturated rings. The molecule has 3 heteroatoms. The summed E-state index contributed by atoms with van der Waals surface area (Å²) in [6, 6.07) is 6.23. The first-order valence-electron chi connectivity index (χ1n) is 5.21. The molecule has 16 heavy (non-hydrogen) atoms. The molecule has 0 radical (unpaired) electrons. The van der Waals surface area contributed by atoms with Gasteiger partial charge in [0.25, 0.3) is 0 Å². The third-order valence-corrected chi connectivity index (χ3v) is 2.66. The quantitative estimate of drug-likeness (QED) is 0.781. The molecule has 82 valence electrons. The van der Waals surface area contributed by atoms with E-state index in [-0.39, 0.29) is 0 Å². The number of aromatic nitrogens is 2. The van der Waals surface area contributed by atoms with Crippen LogP contribution in [-0.2, 0) is 0 Å². The Kier molecular flexibility index (Phi) is 2.60. The minimum Gasteiger partial charge on any atom is -0.339 e. The van der Waals surface area contributed by atoms with Crippen LogP contribution in [0.2, 0.25) is 0 Å². The highest BCUT2D eigenvalue weighted by Gasteiger charge is 2.10. The van der Waals surface area contributed by atoms with Gasteiger partial charge in [-0.15, -0.1) is 0 Å². The van der Waals surface area contributed by atoms with Crippen molar-refractivity contribution in [3.8, 4) is 11.3 Å². The largest absolute Gasteiger partial charge is 0.339 e. The van der Waals surface area contributed by atoms with E-state index in [0.29, 0.717) is 5.82 Å². The highest BCUT2D eigenvalue weighted by atomic mass is 16.1. The van der Waals surface area contributed by atoms with Crippen molar-refractivity contribution in [2.75, 3.05) is 0 Å². The number of nitrogens with one attached hydrogen (secondary N) is 1. The lowest BCUT2D eigenvalue weighted by molar-refractivity contribution is 0.111. The van der Waals surface area contributed by atoms with Crippen LogP contribution in [-0.4, -0.2) is 16.3 Å². The van der Waals surface area contributed by atoms with Gasteiger partial charge in [0, 0.05) is 11.3 Å². The zero-order valence-corrected chi connectivity index (χ0v) is 9.66. The van der Waals surface area contributed by atoms with Gasteiger partial charge in [-0.1, -0.05) is 17.7 Å². The van der Waals surface area contributed by atoms with E-state index < -0.39 is 0 Å². The van der Waals surface area contributed by atoms with Crippen LogP contribution in [0, 0.1) is 20.8 Å². The summed E-state index contributed by atoms with van der Waals surface area (Å²) in [6.45, 7) is 6.02. The number of H-pyrrole nitrogens is 1. The van der Waals surface area contributed by atoms with E-state index in [1.54, 1.807) is 0 Å². The molecule has 2 aromatic rings. The van der Waals surface area contributed by atoms with Gasteiger partial charge in [-0.05, 0) is 32.4 Å². The summed E-state index contributed by atoms with van der Waals surface area (Å²) in [5.74, 6) is 0.383. The molecule has 0 saturated heterocycles. The first-order chi connectivity index (χ1) is 7.61. The molecule has 2 rings (SSSR count). The highest BCUT2D eigenvalue weighted by molar-refractivity contribution is 5.74. The van der Waals surface area contributed by atoms with E-state index in [1.807, 2.05) is 20.8 Å². The van der Waals surface area contributed by atoms with Gasteiger partial charge < -0.3 is 4.98 Å². The van der Waals surface area contributed by atoms with E-state index in [1.165, 1.54) is 5.56 Å². The van der Waals surface area contributed by atoms with Crippen molar-refractivity contribution in [1.82, 2.24) is 9.97 Å². The standard InChI is InChI=1S/C13H14N2O/c1-8-4-5-9(2)11(6-8)13-10(3)14-12(7-16)15-13/h4-7H,1-3H3,(H,14,15). The van der Waals surface area contributed by atoms with E-state index in [2.05, 4.69) is 28.2 Å². The van der Waals surface area contributed by atoms with Crippen LogP contribution in [0.5, 0.6) is 0 Å². The highest BCUT2D eigenvalue weighted by Crippen LogP contribution is 2.25. The van der Waals surface area contributed by atoms with Gasteiger partial charge in [0.2, 0.25) is 0 Å². The lowest BCUT2D eigenvalue weighted by Gasteiger charge is -2.05. The van der Waals surface area contributed by atoms with Gasteiger partial charge in [-0.3, -0.25) is 4.79 Å². The Labute approximate surface area is 94.5 Å². The molecule has 0 amide bonds. The zero-order valence-electron chi connectivity index (χ0n) is 9.66. The van der Waals surface area contributed by atoms with Crippen LogP contribution in [0.1, 0.15) is 27.4 Å². The van der Waals surface area contributed by atoms with Gasteiger partial charge in [0.15, 0.2) is 12.1 Å². The second kappa shape index (κ2) is 3.93. The number of rotatable bonds is 2. The lowest BCUT2D eigenvalue weighted by atomic mass is 10.0. The zero-order chi connectivity index (χ0) is 11.7. The molecule has 0 spiro atoms. The van der Waals surface area contributed by atoms with Crippen molar-refractivity contribution in [2.24, 2.45) is 0 Å². The van der Waals surface area contributed by atoms with Crippen LogP contribution in [0.3, 0.4) is 0 Å². The monoisotopic (exact) mass is 214 g/mol. The number of nitrogens with zero attached hydrogens (tertiary/aromatic N) is 1. The van der Waals surface area contributed by atoms with Crippen LogP contribution in [0.25, 0.3) is 11.3 Å². The van der Waals surface area contributed by atoms with Crippen molar-refractivity contribution < 1.29 is 4.79 Å². The van der Waals surface area contributed by atoms with Gasteiger partial charge in [0.05, 0.1) is 5.69 Å². The minimum absolute atomic E-state index is 0.383. The Balaban J connectivity index is 2.61. The summed E-state index contributed by atoms with van der Waals surface area (Å²) < 4.78 is 0. The average Bonchev–Trinajstić information content (AvgIpc) is 2.63. The maximum Gasteiger partial charge on any atom is 0.185 e. The summed E-state index contributed by atoms with van der Waals surface area (Å²) in [6.07, 6.45) is 0.738. The molecule has 1 aromatic heterocycles. The predicted octanol–water partition coefficient (Wildman–Crippen LogP) is 2.81. The Bertz CT molecular complexity index is 541. The fourth-order valence-corrected chi connectivity index (χ4v) is 1.79. The van der Waals surface area contributed by atoms with Crippen molar-refractivity contribution >= 4 is 6.29 Å². The molecule has 0 aliphatic carbocycles. The SMILES string of the molecule is Cc1ccc(C)c(-c2nc(C=O)[nH]c2C)c1. The number of hydrogen-bond donors (Lipinski definition) is 1. The molecule has 1 aromatic carbocycles. The van der Waals surface area contributed by atoms with E-state index in [4.69, 9.17) is 0 Å². The maximum atomic E-state index is 10.7. The number of carbonyl (C=O) groups excluding carboxylic acids is 1. The van der Waals surface area contributed by atoms with Gasteiger partial charge in [-0.2, -0.15) is 0 Å². The Morgan fingerprint density at radius 1 is 1.25 bits per heavy atom. The summed E-state index contributed by atoms with van der Waals surface area (Å²) in [4.78, 5) is 17.9. The van der Waals surface area contributed by atoms with Crippen LogP contribution >= 0.6 is 0 Å². The minimum atomic E-state index is 0.383. The molecule has 0 atom stereocenters. The van der Waals surface area contributed by atoms with E-state index in [9.17, 15) is 4.79 Å². The molecule has 1 heterocycles. The maximum absolute atomic E-state index is 10.7. The van der Waals surface area contributed by atoms with Gasteiger partial charge in [-0.25, -0.2) is 4.98 Å². The Hall–Kier alpha value is -1.90. The van der Waals surface area contributed by atoms with Crippen molar-refractivity contribution in [3.63, 3.8) is 0 Å². The number of aromatic amines is 1. The van der Waals surface area contributed by atoms with Crippen LogP contribution in [0.15, 0.2) is 18.2 Å². The number of carbonyl (C=O) groups is 1. The van der Waals surface area contributed by atoms with Crippen LogP contribution < -0.4 is 0 Å². The van der Waals surface area contributed by atoms with Crippen molar-refractivity contribution in [2.45, 2.75) is 20.8 Å². The Morgan fingerprint density at radius 3 is 2.62 bits per heavy atom. The third kappa shape index (κ3) is 1.76. The number of hydrogen-bond acceptors (Lipinski definition) is 2. The van der Waals surface area contributed by atoms with Crippen molar-refractivity contribution in [1.29, 1.82) is 0 Å². The fourth-order valence-electron chi connectivity index (χ4n) is 1.79. The molecule has 0 unspecified atom stereocenters. The molecule has 1 N–H and O–H groups in total. The van der Waals surface area contributed by atoms with Crippen LogP contribution in [0.4, 0.5) is 0 Å². The number of imidazole rings is 1. The molecule has 0 aliphatic heterocycles. The molecule has 0 saturated carbocycles. The molecule has 0 aliphatic rings. The van der Waals surface area contributed by atoms with Gasteiger partial charge >= 0.3 is 0 Å². The number of aryl methyl sites for hydroxylation is 3. The summed E-state index contributed by atoms with van der Waals surface area (Å²) in [5.41, 5.74) is 5.23. The summed E-state index contributed by atoms with van der Waals surface area (Å²) in [7, 11) is 0. The van der Waals surface area contributed by atoms with E-state index in [0.717, 1.165) is 28.8 Å². The first kappa shape index (κ1) is 10.6. The molecular weight excluding hydrogens is 200 g/mol. The molecule has 0 bridgehead atoms. The summed E-state index contributed by atoms with van der Waals surface area (Å²) >= 11 is 0. The fraction of sp³-hybridized carbons (Fsp3) is 0.231. The molecular formula is C13H14N2O. The normalized spacial score (nSPS) is 10.4. The number of aldehydes is 1. The molecule has 3 nitrogen and oxygen atoms in total. The smallest absolute Gasteiger partial charge is 0.185 e. The topological polar surface area (TPSA) is 45.8 Å². The number of benzene rings is 1. The van der Waals surface area contributed by atoms with Crippen molar-refractivity contribution in [3.05, 3.63) is 40.8 Å². The predicted molar refractivity (Wildman–Crippen MR) is 63.6 cm³/mol. The second-order valence-corrected chi connectivity index (χ2v) is 4.03. The lowest BCUT2D eigenvalue weighted by Crippen LogP contribution is -1.87. The summed E-state index contributed by atoms with van der Waals surface area (Å²) in [5, 5.41) is 0. The Morgan fingerprint density at radius 2 is 2.00 bits per heavy atom. The average molecular weight is 214 g/mol.